The number of aryl methyl sites for hydroxylation is 1. The number of nitrogens with zero attached hydrogens (tertiary/aromatic N) is 3. The lowest BCUT2D eigenvalue weighted by Gasteiger charge is -2.02. The normalized spacial score (nSPS) is 10.4. The van der Waals surface area contributed by atoms with E-state index in [4.69, 9.17) is 16.9 Å². The van der Waals surface area contributed by atoms with Crippen LogP contribution in [0.5, 0.6) is 0 Å². The van der Waals surface area contributed by atoms with Crippen LogP contribution in [0.2, 0.25) is 5.02 Å². The van der Waals surface area contributed by atoms with Crippen molar-refractivity contribution < 1.29 is 4.79 Å². The van der Waals surface area contributed by atoms with Gasteiger partial charge in [-0.05, 0) is 41.8 Å². The van der Waals surface area contributed by atoms with Gasteiger partial charge in [0.1, 0.15) is 0 Å². The van der Waals surface area contributed by atoms with Crippen molar-refractivity contribution >= 4 is 45.7 Å². The molecule has 0 radical (unpaired) electrons. The molecule has 0 atom stereocenters. The molecule has 0 aliphatic rings. The Kier molecular flexibility index (Phi) is 6.82. The number of thioether (sulfide) groups is 1. The third kappa shape index (κ3) is 6.07. The Balaban J connectivity index is 1.46. The third-order valence-corrected chi connectivity index (χ3v) is 5.95. The molecule has 0 saturated carbocycles. The van der Waals surface area contributed by atoms with Gasteiger partial charge in [0.2, 0.25) is 11.0 Å². The predicted molar refractivity (Wildman–Crippen MR) is 109 cm³/mol. The molecule has 1 heterocycles. The number of amides is 1. The van der Waals surface area contributed by atoms with Crippen LogP contribution in [0.4, 0.5) is 5.13 Å². The van der Waals surface area contributed by atoms with Gasteiger partial charge in [-0.1, -0.05) is 59.0 Å². The van der Waals surface area contributed by atoms with Crippen LogP contribution in [0, 0.1) is 11.3 Å². The maximum atomic E-state index is 12.1. The lowest BCUT2D eigenvalue weighted by atomic mass is 10.1. The lowest BCUT2D eigenvalue weighted by Crippen LogP contribution is -2.12. The highest BCUT2D eigenvalue weighted by molar-refractivity contribution is 8.00. The van der Waals surface area contributed by atoms with E-state index in [1.54, 1.807) is 23.9 Å². The second kappa shape index (κ2) is 9.51. The van der Waals surface area contributed by atoms with Crippen LogP contribution in [0.1, 0.15) is 23.1 Å². The van der Waals surface area contributed by atoms with Crippen LogP contribution >= 0.6 is 34.7 Å². The van der Waals surface area contributed by atoms with Crippen molar-refractivity contribution in [3.05, 3.63) is 70.2 Å². The minimum Gasteiger partial charge on any atom is -0.300 e. The molecule has 0 aliphatic heterocycles. The van der Waals surface area contributed by atoms with E-state index in [9.17, 15) is 4.79 Å². The minimum absolute atomic E-state index is 0.0928. The zero-order chi connectivity index (χ0) is 19.1. The van der Waals surface area contributed by atoms with Crippen LogP contribution < -0.4 is 5.32 Å². The number of rotatable bonds is 7. The number of nitriles is 1. The summed E-state index contributed by atoms with van der Waals surface area (Å²) < 4.78 is 0.785. The van der Waals surface area contributed by atoms with Crippen LogP contribution in [0.15, 0.2) is 52.9 Å². The maximum absolute atomic E-state index is 12.1. The highest BCUT2D eigenvalue weighted by Crippen LogP contribution is 2.28. The first-order valence-corrected chi connectivity index (χ1v) is 10.3. The summed E-state index contributed by atoms with van der Waals surface area (Å²) in [6, 6.07) is 17.0. The van der Waals surface area contributed by atoms with Gasteiger partial charge in [0.25, 0.3) is 0 Å². The molecule has 2 aromatic carbocycles. The number of anilines is 1. The zero-order valence-corrected chi connectivity index (χ0v) is 16.6. The van der Waals surface area contributed by atoms with Crippen LogP contribution in [0.25, 0.3) is 0 Å². The van der Waals surface area contributed by atoms with E-state index >= 15 is 0 Å². The first-order valence-electron chi connectivity index (χ1n) is 8.12. The van der Waals surface area contributed by atoms with Crippen molar-refractivity contribution in [2.24, 2.45) is 0 Å². The SMILES string of the molecule is N#Cc1ccc(CSc2nnc(NC(=O)CCc3ccc(Cl)cc3)s2)cc1. The molecule has 0 bridgehead atoms. The molecule has 0 saturated heterocycles. The summed E-state index contributed by atoms with van der Waals surface area (Å²) in [7, 11) is 0. The number of nitrogens with one attached hydrogen (secondary N) is 1. The van der Waals surface area contributed by atoms with Gasteiger partial charge in [-0.25, -0.2) is 0 Å². The smallest absolute Gasteiger partial charge is 0.226 e. The first kappa shape index (κ1) is 19.4. The van der Waals surface area contributed by atoms with Crippen molar-refractivity contribution in [2.75, 3.05) is 5.32 Å². The molecule has 27 heavy (non-hydrogen) atoms. The average molecular weight is 415 g/mol. The fourth-order valence-electron chi connectivity index (χ4n) is 2.23. The van der Waals surface area contributed by atoms with Gasteiger partial charge in [-0.15, -0.1) is 10.2 Å². The van der Waals surface area contributed by atoms with Crippen molar-refractivity contribution in [1.29, 1.82) is 5.26 Å². The second-order valence-electron chi connectivity index (χ2n) is 5.65. The summed E-state index contributed by atoms with van der Waals surface area (Å²) in [4.78, 5) is 12.1. The summed E-state index contributed by atoms with van der Waals surface area (Å²) in [6.07, 6.45) is 1.01. The fraction of sp³-hybridized carbons (Fsp3) is 0.158. The summed E-state index contributed by atoms with van der Waals surface area (Å²) in [5.74, 6) is 0.634. The molecule has 0 unspecified atom stereocenters. The van der Waals surface area contributed by atoms with Gasteiger partial charge in [-0.3, -0.25) is 4.79 Å². The predicted octanol–water partition coefficient (Wildman–Crippen LogP) is 4.93. The summed E-state index contributed by atoms with van der Waals surface area (Å²) in [6.45, 7) is 0. The molecule has 0 spiro atoms. The van der Waals surface area contributed by atoms with Crippen molar-refractivity contribution in [1.82, 2.24) is 10.2 Å². The summed E-state index contributed by atoms with van der Waals surface area (Å²) >= 11 is 8.75. The number of hydrogen-bond donors (Lipinski definition) is 1. The van der Waals surface area contributed by atoms with E-state index in [-0.39, 0.29) is 5.91 Å². The second-order valence-corrected chi connectivity index (χ2v) is 8.28. The molecule has 136 valence electrons. The van der Waals surface area contributed by atoms with Crippen molar-refractivity contribution in [3.63, 3.8) is 0 Å². The highest BCUT2D eigenvalue weighted by atomic mass is 35.5. The van der Waals surface area contributed by atoms with E-state index in [2.05, 4.69) is 21.6 Å². The largest absolute Gasteiger partial charge is 0.300 e. The molecule has 0 fully saturated rings. The van der Waals surface area contributed by atoms with Crippen molar-refractivity contribution in [2.45, 2.75) is 22.9 Å². The molecule has 3 aromatic rings. The molecular formula is C19H15ClN4OS2. The fourth-order valence-corrected chi connectivity index (χ4v) is 4.08. The summed E-state index contributed by atoms with van der Waals surface area (Å²) in [5.41, 5.74) is 2.80. The highest BCUT2D eigenvalue weighted by Gasteiger charge is 2.09. The van der Waals surface area contributed by atoms with Gasteiger partial charge in [0.15, 0.2) is 4.34 Å². The number of hydrogen-bond acceptors (Lipinski definition) is 6. The van der Waals surface area contributed by atoms with Gasteiger partial charge in [0.05, 0.1) is 11.6 Å². The standard InChI is InChI=1S/C19H15ClN4OS2/c20-16-8-5-13(6-9-16)7-10-17(25)22-18-23-24-19(27-18)26-12-15-3-1-14(11-21)2-4-15/h1-6,8-9H,7,10,12H2,(H,22,23,25). The first-order chi connectivity index (χ1) is 13.1. The Morgan fingerprint density at radius 3 is 2.52 bits per heavy atom. The van der Waals surface area contributed by atoms with E-state index < -0.39 is 0 Å². The average Bonchev–Trinajstić information content (AvgIpc) is 3.13. The Morgan fingerprint density at radius 2 is 1.81 bits per heavy atom. The minimum atomic E-state index is -0.0928. The number of carbonyl (C=O) groups is 1. The van der Waals surface area contributed by atoms with Crippen molar-refractivity contribution in [3.8, 4) is 6.07 Å². The molecule has 1 amide bonds. The topological polar surface area (TPSA) is 78.7 Å². The van der Waals surface area contributed by atoms with E-state index in [1.807, 2.05) is 36.4 Å². The molecular weight excluding hydrogens is 400 g/mol. The number of carbonyl (C=O) groups excluding carboxylic acids is 1. The van der Waals surface area contributed by atoms with Crippen LogP contribution in [-0.2, 0) is 17.0 Å². The molecule has 8 heteroatoms. The number of benzene rings is 2. The molecule has 1 N–H and O–H groups in total. The third-order valence-electron chi connectivity index (χ3n) is 3.65. The quantitative estimate of drug-likeness (QED) is 0.438. The summed E-state index contributed by atoms with van der Waals surface area (Å²) in [5, 5.41) is 20.9. The van der Waals surface area contributed by atoms with Gasteiger partial charge in [-0.2, -0.15) is 5.26 Å². The maximum Gasteiger partial charge on any atom is 0.226 e. The zero-order valence-electron chi connectivity index (χ0n) is 14.2. The molecule has 5 nitrogen and oxygen atoms in total. The van der Waals surface area contributed by atoms with Gasteiger partial charge in [0, 0.05) is 17.2 Å². The van der Waals surface area contributed by atoms with Crippen LogP contribution in [0.3, 0.4) is 0 Å². The Bertz CT molecular complexity index is 949. The van der Waals surface area contributed by atoms with E-state index in [0.717, 1.165) is 21.2 Å². The number of halogens is 1. The Labute approximate surface area is 170 Å². The van der Waals surface area contributed by atoms with Gasteiger partial charge < -0.3 is 5.32 Å². The van der Waals surface area contributed by atoms with Crippen LogP contribution in [-0.4, -0.2) is 16.1 Å². The molecule has 3 rings (SSSR count). The lowest BCUT2D eigenvalue weighted by molar-refractivity contribution is -0.116. The Morgan fingerprint density at radius 1 is 1.11 bits per heavy atom. The van der Waals surface area contributed by atoms with E-state index in [1.165, 1.54) is 11.3 Å². The monoisotopic (exact) mass is 414 g/mol. The van der Waals surface area contributed by atoms with Gasteiger partial charge >= 0.3 is 0 Å². The Hall–Kier alpha value is -2.40. The number of aromatic nitrogens is 2. The molecule has 0 aliphatic carbocycles. The molecule has 1 aromatic heterocycles. The van der Waals surface area contributed by atoms with E-state index in [0.29, 0.717) is 28.6 Å².